The van der Waals surface area contributed by atoms with E-state index in [0.717, 1.165) is 48.2 Å². The number of anilines is 1. The molecule has 2 aromatic heterocycles. The standard InChI is InChI=1S/C20H26N4O2S/c1-3-9-17-23-18-19(15(2)14-22-20(18)21)24(17)12-7-8-13-27(25,26)16-10-5-4-6-11-16/h4-6,10-11,14H,3,7-9,12-13H2,1-2H3,(H2,21,22). The molecular formula is C20H26N4O2S. The summed E-state index contributed by atoms with van der Waals surface area (Å²) in [6.45, 7) is 4.84. The normalized spacial score (nSPS) is 11.9. The Kier molecular flexibility index (Phi) is 5.79. The molecular weight excluding hydrogens is 360 g/mol. The van der Waals surface area contributed by atoms with Crippen molar-refractivity contribution in [3.63, 3.8) is 0 Å². The van der Waals surface area contributed by atoms with E-state index in [-0.39, 0.29) is 5.75 Å². The Morgan fingerprint density at radius 2 is 1.89 bits per heavy atom. The predicted octanol–water partition coefficient (Wildman–Crippen LogP) is 3.53. The van der Waals surface area contributed by atoms with Crippen molar-refractivity contribution in [3.8, 4) is 0 Å². The zero-order chi connectivity index (χ0) is 19.4. The molecule has 27 heavy (non-hydrogen) atoms. The first kappa shape index (κ1) is 19.4. The molecule has 2 N–H and O–H groups in total. The first-order valence-corrected chi connectivity index (χ1v) is 11.0. The SMILES string of the molecule is CCCc1nc2c(N)ncc(C)c2n1CCCCS(=O)(=O)c1ccccc1. The number of fused-ring (bicyclic) bond motifs is 1. The van der Waals surface area contributed by atoms with Gasteiger partial charge in [-0.2, -0.15) is 0 Å². The number of unbranched alkanes of at least 4 members (excludes halogenated alkanes) is 1. The Morgan fingerprint density at radius 1 is 1.15 bits per heavy atom. The van der Waals surface area contributed by atoms with Gasteiger partial charge in [-0.1, -0.05) is 25.1 Å². The Morgan fingerprint density at radius 3 is 2.59 bits per heavy atom. The van der Waals surface area contributed by atoms with E-state index < -0.39 is 9.84 Å². The number of nitrogens with zero attached hydrogens (tertiary/aromatic N) is 3. The summed E-state index contributed by atoms with van der Waals surface area (Å²) in [4.78, 5) is 9.29. The molecule has 1 aromatic carbocycles. The van der Waals surface area contributed by atoms with E-state index in [0.29, 0.717) is 17.1 Å². The highest BCUT2D eigenvalue weighted by atomic mass is 32.2. The zero-order valence-electron chi connectivity index (χ0n) is 15.9. The van der Waals surface area contributed by atoms with Crippen LogP contribution in [0, 0.1) is 6.92 Å². The van der Waals surface area contributed by atoms with Crippen molar-refractivity contribution >= 4 is 26.7 Å². The maximum atomic E-state index is 12.4. The molecule has 0 saturated heterocycles. The van der Waals surface area contributed by atoms with Gasteiger partial charge in [-0.3, -0.25) is 0 Å². The van der Waals surface area contributed by atoms with Crippen LogP contribution in [0.3, 0.4) is 0 Å². The van der Waals surface area contributed by atoms with Crippen LogP contribution < -0.4 is 5.73 Å². The lowest BCUT2D eigenvalue weighted by molar-refractivity contribution is 0.579. The van der Waals surface area contributed by atoms with E-state index in [4.69, 9.17) is 10.7 Å². The second kappa shape index (κ2) is 8.08. The van der Waals surface area contributed by atoms with Gasteiger partial charge in [0.25, 0.3) is 0 Å². The number of aromatic nitrogens is 3. The molecule has 0 amide bonds. The summed E-state index contributed by atoms with van der Waals surface area (Å²) in [6.07, 6.45) is 4.97. The van der Waals surface area contributed by atoms with E-state index >= 15 is 0 Å². The number of pyridine rings is 1. The monoisotopic (exact) mass is 386 g/mol. The van der Waals surface area contributed by atoms with Crippen LogP contribution in [0.25, 0.3) is 11.0 Å². The summed E-state index contributed by atoms with van der Waals surface area (Å²) in [5.74, 6) is 1.58. The van der Waals surface area contributed by atoms with Gasteiger partial charge in [-0.15, -0.1) is 0 Å². The van der Waals surface area contributed by atoms with Crippen molar-refractivity contribution in [2.75, 3.05) is 11.5 Å². The Bertz CT molecular complexity index is 1030. The van der Waals surface area contributed by atoms with E-state index in [1.807, 2.05) is 13.0 Å². The average Bonchev–Trinajstić information content (AvgIpc) is 3.03. The lowest BCUT2D eigenvalue weighted by Crippen LogP contribution is -2.09. The first-order chi connectivity index (χ1) is 12.9. The molecule has 0 aliphatic carbocycles. The third kappa shape index (κ3) is 4.13. The van der Waals surface area contributed by atoms with Crippen LogP contribution >= 0.6 is 0 Å². The van der Waals surface area contributed by atoms with Gasteiger partial charge in [-0.25, -0.2) is 18.4 Å². The van der Waals surface area contributed by atoms with Crippen LogP contribution in [0.15, 0.2) is 41.4 Å². The summed E-state index contributed by atoms with van der Waals surface area (Å²) in [5, 5.41) is 0. The number of nitrogen functional groups attached to an aromatic ring is 1. The predicted molar refractivity (Wildman–Crippen MR) is 108 cm³/mol. The number of nitrogens with two attached hydrogens (primary N) is 1. The molecule has 144 valence electrons. The summed E-state index contributed by atoms with van der Waals surface area (Å²) < 4.78 is 27.0. The van der Waals surface area contributed by atoms with Crippen LogP contribution in [-0.2, 0) is 22.8 Å². The molecule has 0 saturated carbocycles. The minimum atomic E-state index is -3.23. The summed E-state index contributed by atoms with van der Waals surface area (Å²) >= 11 is 0. The van der Waals surface area contributed by atoms with Crippen LogP contribution in [0.4, 0.5) is 5.82 Å². The fraction of sp³-hybridized carbons (Fsp3) is 0.400. The molecule has 0 unspecified atom stereocenters. The fourth-order valence-corrected chi connectivity index (χ4v) is 4.72. The van der Waals surface area contributed by atoms with Gasteiger partial charge in [0.05, 0.1) is 16.2 Å². The van der Waals surface area contributed by atoms with Gasteiger partial charge < -0.3 is 10.3 Å². The van der Waals surface area contributed by atoms with Crippen molar-refractivity contribution in [2.45, 2.75) is 51.0 Å². The Labute approximate surface area is 160 Å². The molecule has 0 bridgehead atoms. The van der Waals surface area contributed by atoms with Crippen molar-refractivity contribution in [1.29, 1.82) is 0 Å². The highest BCUT2D eigenvalue weighted by molar-refractivity contribution is 7.91. The number of imidazole rings is 1. The summed E-state index contributed by atoms with van der Waals surface area (Å²) in [5.41, 5.74) is 8.80. The number of sulfone groups is 1. The van der Waals surface area contributed by atoms with Crippen LogP contribution in [0.2, 0.25) is 0 Å². The van der Waals surface area contributed by atoms with E-state index in [1.54, 1.807) is 30.5 Å². The van der Waals surface area contributed by atoms with Crippen molar-refractivity contribution in [1.82, 2.24) is 14.5 Å². The molecule has 3 aromatic rings. The first-order valence-electron chi connectivity index (χ1n) is 9.32. The van der Waals surface area contributed by atoms with Crippen molar-refractivity contribution in [2.24, 2.45) is 0 Å². The van der Waals surface area contributed by atoms with Crippen LogP contribution in [-0.4, -0.2) is 28.7 Å². The third-order valence-corrected chi connectivity index (χ3v) is 6.50. The molecule has 0 spiro atoms. The molecule has 0 atom stereocenters. The van der Waals surface area contributed by atoms with Gasteiger partial charge >= 0.3 is 0 Å². The number of hydrogen-bond donors (Lipinski definition) is 1. The van der Waals surface area contributed by atoms with Gasteiger partial charge in [0.2, 0.25) is 0 Å². The fourth-order valence-electron chi connectivity index (χ4n) is 3.33. The zero-order valence-corrected chi connectivity index (χ0v) is 16.7. The Balaban J connectivity index is 1.75. The van der Waals surface area contributed by atoms with Gasteiger partial charge in [0.1, 0.15) is 11.3 Å². The molecule has 0 aliphatic heterocycles. The summed E-state index contributed by atoms with van der Waals surface area (Å²) in [7, 11) is -3.23. The smallest absolute Gasteiger partial charge is 0.178 e. The molecule has 3 rings (SSSR count). The van der Waals surface area contributed by atoms with E-state index in [1.165, 1.54) is 0 Å². The molecule has 7 heteroatoms. The largest absolute Gasteiger partial charge is 0.382 e. The maximum absolute atomic E-state index is 12.4. The highest BCUT2D eigenvalue weighted by Crippen LogP contribution is 2.25. The molecule has 2 heterocycles. The highest BCUT2D eigenvalue weighted by Gasteiger charge is 2.16. The molecule has 0 fully saturated rings. The second-order valence-corrected chi connectivity index (χ2v) is 8.90. The number of benzene rings is 1. The van der Waals surface area contributed by atoms with Crippen molar-refractivity contribution < 1.29 is 8.42 Å². The van der Waals surface area contributed by atoms with Crippen LogP contribution in [0.1, 0.15) is 37.6 Å². The van der Waals surface area contributed by atoms with Crippen LogP contribution in [0.5, 0.6) is 0 Å². The molecule has 6 nitrogen and oxygen atoms in total. The minimum Gasteiger partial charge on any atom is -0.382 e. The van der Waals surface area contributed by atoms with Gasteiger partial charge in [0.15, 0.2) is 15.7 Å². The minimum absolute atomic E-state index is 0.148. The number of rotatable bonds is 8. The van der Waals surface area contributed by atoms with Gasteiger partial charge in [0, 0.05) is 19.2 Å². The quantitative estimate of drug-likeness (QED) is 0.598. The number of hydrogen-bond acceptors (Lipinski definition) is 5. The van der Waals surface area contributed by atoms with E-state index in [9.17, 15) is 8.42 Å². The summed E-state index contributed by atoms with van der Waals surface area (Å²) in [6, 6.07) is 8.63. The second-order valence-electron chi connectivity index (χ2n) is 6.79. The molecule has 0 radical (unpaired) electrons. The van der Waals surface area contributed by atoms with E-state index in [2.05, 4.69) is 16.5 Å². The van der Waals surface area contributed by atoms with Gasteiger partial charge in [-0.05, 0) is 43.9 Å². The topological polar surface area (TPSA) is 90.9 Å². The maximum Gasteiger partial charge on any atom is 0.178 e. The lowest BCUT2D eigenvalue weighted by atomic mass is 10.2. The lowest BCUT2D eigenvalue weighted by Gasteiger charge is -2.10. The Hall–Kier alpha value is -2.41. The third-order valence-electron chi connectivity index (χ3n) is 4.68. The molecule has 0 aliphatic rings. The van der Waals surface area contributed by atoms with Crippen molar-refractivity contribution in [3.05, 3.63) is 47.9 Å². The average molecular weight is 387 g/mol. The number of aryl methyl sites for hydroxylation is 3.